The fraction of sp³-hybridized carbons (Fsp3) is 0.0870. The third kappa shape index (κ3) is 3.18. The average molecular weight is 390 g/mol. The molecule has 0 amide bonds. The van der Waals surface area contributed by atoms with Crippen LogP contribution in [0.1, 0.15) is 47.8 Å². The molecule has 3 aromatic rings. The van der Waals surface area contributed by atoms with Crippen molar-refractivity contribution in [1.82, 2.24) is 0 Å². The van der Waals surface area contributed by atoms with E-state index in [-0.39, 0.29) is 40.4 Å². The molecule has 4 rings (SSSR count). The number of hydrogen-bond donors (Lipinski definition) is 0. The van der Waals surface area contributed by atoms with Gasteiger partial charge < -0.3 is 9.47 Å². The van der Waals surface area contributed by atoms with E-state index >= 15 is 0 Å². The number of carbonyl (C=O) groups is 3. The Bertz CT molecular complexity index is 1170. The standard InChI is InChI=1S/C23H15FO5/c1-28-19-10-9-13(11-18(19)24)12-29-23(27)17-8-4-7-16-20(17)22(26)15-6-3-2-5-14(15)21(16)25/h2-11H,12H2,1H3. The van der Waals surface area contributed by atoms with E-state index in [0.29, 0.717) is 11.1 Å². The highest BCUT2D eigenvalue weighted by atomic mass is 19.1. The first kappa shape index (κ1) is 18.6. The van der Waals surface area contributed by atoms with E-state index in [4.69, 9.17) is 9.47 Å². The van der Waals surface area contributed by atoms with Crippen molar-refractivity contribution in [3.8, 4) is 5.75 Å². The van der Waals surface area contributed by atoms with E-state index in [2.05, 4.69) is 0 Å². The van der Waals surface area contributed by atoms with Gasteiger partial charge in [0.25, 0.3) is 0 Å². The van der Waals surface area contributed by atoms with Crippen LogP contribution in [0.3, 0.4) is 0 Å². The second-order valence-corrected chi connectivity index (χ2v) is 6.48. The van der Waals surface area contributed by atoms with E-state index < -0.39 is 17.6 Å². The lowest BCUT2D eigenvalue weighted by Gasteiger charge is -2.19. The number of hydrogen-bond acceptors (Lipinski definition) is 5. The zero-order valence-electron chi connectivity index (χ0n) is 15.4. The first-order valence-corrected chi connectivity index (χ1v) is 8.82. The van der Waals surface area contributed by atoms with Gasteiger partial charge in [0.2, 0.25) is 0 Å². The summed E-state index contributed by atoms with van der Waals surface area (Å²) in [6, 6.07) is 15.2. The van der Waals surface area contributed by atoms with Crippen LogP contribution >= 0.6 is 0 Å². The minimum atomic E-state index is -0.765. The highest BCUT2D eigenvalue weighted by Crippen LogP contribution is 2.30. The summed E-state index contributed by atoms with van der Waals surface area (Å²) >= 11 is 0. The van der Waals surface area contributed by atoms with Crippen LogP contribution in [0.15, 0.2) is 60.7 Å². The maximum atomic E-state index is 13.8. The number of methoxy groups -OCH3 is 1. The predicted molar refractivity (Wildman–Crippen MR) is 102 cm³/mol. The Balaban J connectivity index is 1.63. The van der Waals surface area contributed by atoms with Gasteiger partial charge in [-0.1, -0.05) is 42.5 Å². The summed E-state index contributed by atoms with van der Waals surface area (Å²) in [4.78, 5) is 38.4. The van der Waals surface area contributed by atoms with E-state index in [1.807, 2.05) is 0 Å². The van der Waals surface area contributed by atoms with Crippen LogP contribution in [0.5, 0.6) is 5.75 Å². The summed E-state index contributed by atoms with van der Waals surface area (Å²) in [6.45, 7) is -0.192. The van der Waals surface area contributed by atoms with Gasteiger partial charge in [0.05, 0.1) is 12.7 Å². The van der Waals surface area contributed by atoms with Gasteiger partial charge in [-0.25, -0.2) is 9.18 Å². The van der Waals surface area contributed by atoms with Gasteiger partial charge in [0.1, 0.15) is 6.61 Å². The molecule has 0 saturated carbocycles. The molecule has 0 unspecified atom stereocenters. The fourth-order valence-corrected chi connectivity index (χ4v) is 3.34. The zero-order valence-corrected chi connectivity index (χ0v) is 15.4. The van der Waals surface area contributed by atoms with Crippen LogP contribution in [0.25, 0.3) is 0 Å². The molecule has 0 atom stereocenters. The van der Waals surface area contributed by atoms with Gasteiger partial charge in [0.15, 0.2) is 23.1 Å². The number of benzene rings is 3. The molecule has 29 heavy (non-hydrogen) atoms. The summed E-state index contributed by atoms with van der Waals surface area (Å²) in [6.07, 6.45) is 0. The average Bonchev–Trinajstić information content (AvgIpc) is 2.75. The fourth-order valence-electron chi connectivity index (χ4n) is 3.34. The van der Waals surface area contributed by atoms with Gasteiger partial charge in [0, 0.05) is 22.3 Å². The Morgan fingerprint density at radius 3 is 2.28 bits per heavy atom. The third-order valence-corrected chi connectivity index (χ3v) is 4.76. The number of fused-ring (bicyclic) bond motifs is 2. The molecule has 0 heterocycles. The minimum absolute atomic E-state index is 0.00402. The molecule has 0 fully saturated rings. The van der Waals surface area contributed by atoms with Crippen LogP contribution < -0.4 is 4.74 Å². The van der Waals surface area contributed by atoms with Crippen molar-refractivity contribution in [2.24, 2.45) is 0 Å². The topological polar surface area (TPSA) is 69.7 Å². The first-order valence-electron chi connectivity index (χ1n) is 8.82. The molecule has 6 heteroatoms. The predicted octanol–water partition coefficient (Wildman–Crippen LogP) is 3.97. The molecule has 0 aromatic heterocycles. The lowest BCUT2D eigenvalue weighted by Crippen LogP contribution is -2.24. The van der Waals surface area contributed by atoms with Crippen molar-refractivity contribution in [2.75, 3.05) is 7.11 Å². The quantitative estimate of drug-likeness (QED) is 0.493. The van der Waals surface area contributed by atoms with Crippen LogP contribution in [0.2, 0.25) is 0 Å². The normalized spacial score (nSPS) is 12.2. The van der Waals surface area contributed by atoms with E-state index in [1.165, 1.54) is 37.4 Å². The molecule has 0 spiro atoms. The Labute approximate surface area is 165 Å². The Hall–Kier alpha value is -3.80. The third-order valence-electron chi connectivity index (χ3n) is 4.76. The summed E-state index contributed by atoms with van der Waals surface area (Å²) in [5.41, 5.74) is 1.19. The Kier molecular flexibility index (Phi) is 4.68. The smallest absolute Gasteiger partial charge is 0.339 e. The van der Waals surface area contributed by atoms with Crippen molar-refractivity contribution < 1.29 is 28.2 Å². The second kappa shape index (κ2) is 7.31. The lowest BCUT2D eigenvalue weighted by molar-refractivity contribution is 0.0469. The largest absolute Gasteiger partial charge is 0.494 e. The van der Waals surface area contributed by atoms with Gasteiger partial charge in [-0.3, -0.25) is 9.59 Å². The molecule has 0 saturated heterocycles. The Morgan fingerprint density at radius 1 is 0.897 bits per heavy atom. The lowest BCUT2D eigenvalue weighted by atomic mass is 9.82. The van der Waals surface area contributed by atoms with Gasteiger partial charge in [-0.05, 0) is 23.8 Å². The van der Waals surface area contributed by atoms with Crippen molar-refractivity contribution in [1.29, 1.82) is 0 Å². The van der Waals surface area contributed by atoms with Crippen LogP contribution in [0.4, 0.5) is 4.39 Å². The summed E-state index contributed by atoms with van der Waals surface area (Å²) < 4.78 is 23.9. The van der Waals surface area contributed by atoms with Crippen molar-refractivity contribution in [3.63, 3.8) is 0 Å². The Morgan fingerprint density at radius 2 is 1.59 bits per heavy atom. The van der Waals surface area contributed by atoms with Crippen LogP contribution in [-0.4, -0.2) is 24.6 Å². The molecule has 0 aliphatic heterocycles. The summed E-state index contributed by atoms with van der Waals surface area (Å²) in [5, 5.41) is 0. The molecular weight excluding hydrogens is 375 g/mol. The number of esters is 1. The van der Waals surface area contributed by atoms with Gasteiger partial charge in [-0.2, -0.15) is 0 Å². The SMILES string of the molecule is COc1ccc(COC(=O)c2cccc3c2C(=O)c2ccccc2C3=O)cc1F. The molecule has 3 aromatic carbocycles. The molecule has 5 nitrogen and oxygen atoms in total. The second-order valence-electron chi connectivity index (χ2n) is 6.48. The molecule has 144 valence electrons. The number of ketones is 2. The van der Waals surface area contributed by atoms with Crippen LogP contribution in [0, 0.1) is 5.82 Å². The molecule has 0 N–H and O–H groups in total. The van der Waals surface area contributed by atoms with Crippen molar-refractivity contribution >= 4 is 17.5 Å². The van der Waals surface area contributed by atoms with Gasteiger partial charge in [-0.15, -0.1) is 0 Å². The highest BCUT2D eigenvalue weighted by molar-refractivity contribution is 6.30. The molecule has 1 aliphatic carbocycles. The van der Waals surface area contributed by atoms with E-state index in [1.54, 1.807) is 30.3 Å². The van der Waals surface area contributed by atoms with Crippen LogP contribution in [-0.2, 0) is 11.3 Å². The number of ether oxygens (including phenoxy) is 2. The first-order chi connectivity index (χ1) is 14.0. The maximum Gasteiger partial charge on any atom is 0.339 e. The van der Waals surface area contributed by atoms with E-state index in [9.17, 15) is 18.8 Å². The molecule has 0 bridgehead atoms. The summed E-state index contributed by atoms with van der Waals surface area (Å²) in [5.74, 6) is -1.98. The summed E-state index contributed by atoms with van der Waals surface area (Å²) in [7, 11) is 1.35. The molecule has 1 aliphatic rings. The van der Waals surface area contributed by atoms with Gasteiger partial charge >= 0.3 is 5.97 Å². The maximum absolute atomic E-state index is 13.8. The van der Waals surface area contributed by atoms with E-state index in [0.717, 1.165) is 0 Å². The van der Waals surface area contributed by atoms with Crippen molar-refractivity contribution in [3.05, 3.63) is 99.9 Å². The number of halogens is 1. The zero-order chi connectivity index (χ0) is 20.5. The molecule has 0 radical (unpaired) electrons. The minimum Gasteiger partial charge on any atom is -0.494 e. The number of carbonyl (C=O) groups excluding carboxylic acids is 3. The molecular formula is C23H15FO5. The monoisotopic (exact) mass is 390 g/mol. The van der Waals surface area contributed by atoms with Crippen molar-refractivity contribution in [2.45, 2.75) is 6.61 Å². The highest BCUT2D eigenvalue weighted by Gasteiger charge is 2.33. The number of rotatable bonds is 4.